The van der Waals surface area contributed by atoms with Gasteiger partial charge in [0.05, 0.1) is 0 Å². The second-order valence-electron chi connectivity index (χ2n) is 6.88. The van der Waals surface area contributed by atoms with Crippen LogP contribution in [0.3, 0.4) is 0 Å². The van der Waals surface area contributed by atoms with Gasteiger partial charge in [0.2, 0.25) is 0 Å². The van der Waals surface area contributed by atoms with Gasteiger partial charge in [-0.3, -0.25) is 0 Å². The van der Waals surface area contributed by atoms with Crippen molar-refractivity contribution in [2.24, 2.45) is 0 Å². The summed E-state index contributed by atoms with van der Waals surface area (Å²) in [6.45, 7) is 3.81. The molecule has 2 aromatic carbocycles. The number of hydrogen-bond acceptors (Lipinski definition) is 1. The minimum absolute atomic E-state index is 0. The molecular weight excluding hydrogens is 314 g/mol. The van der Waals surface area contributed by atoms with Crippen LogP contribution >= 0.6 is 12.4 Å². The lowest BCUT2D eigenvalue weighted by atomic mass is 9.98. The van der Waals surface area contributed by atoms with Gasteiger partial charge in [0.25, 0.3) is 0 Å². The summed E-state index contributed by atoms with van der Waals surface area (Å²) in [4.78, 5) is 2.63. The maximum atomic E-state index is 2.63. The first-order chi connectivity index (χ1) is 11.4. The van der Waals surface area contributed by atoms with Crippen LogP contribution in [0.4, 0.5) is 0 Å². The molecule has 0 spiro atoms. The van der Waals surface area contributed by atoms with Crippen molar-refractivity contribution >= 4 is 18.0 Å². The molecule has 0 amide bonds. The summed E-state index contributed by atoms with van der Waals surface area (Å²) in [6.07, 6.45) is 6.21. The Balaban J connectivity index is 0.00000169. The monoisotopic (exact) mass is 339 g/mol. The lowest BCUT2D eigenvalue weighted by molar-refractivity contribution is 0.348. The summed E-state index contributed by atoms with van der Waals surface area (Å²) in [5, 5.41) is 0. The molecule has 2 heteroatoms. The fourth-order valence-electron chi connectivity index (χ4n) is 4.09. The Morgan fingerprint density at radius 1 is 0.833 bits per heavy atom. The highest BCUT2D eigenvalue weighted by Crippen LogP contribution is 2.36. The first kappa shape index (κ1) is 17.3. The highest BCUT2D eigenvalue weighted by molar-refractivity contribution is 5.85. The predicted octanol–water partition coefficient (Wildman–Crippen LogP) is 5.15. The Hall–Kier alpha value is -1.57. The molecule has 1 saturated heterocycles. The number of likely N-dealkylation sites (tertiary alicyclic amines) is 1. The Labute approximate surface area is 151 Å². The Kier molecular flexibility index (Phi) is 5.76. The van der Waals surface area contributed by atoms with E-state index in [1.54, 1.807) is 11.1 Å². The minimum Gasteiger partial charge on any atom is -0.303 e. The number of benzene rings is 2. The van der Waals surface area contributed by atoms with Crippen molar-refractivity contribution in [3.8, 4) is 0 Å². The van der Waals surface area contributed by atoms with E-state index in [4.69, 9.17) is 0 Å². The quantitative estimate of drug-likeness (QED) is 0.728. The van der Waals surface area contributed by atoms with Gasteiger partial charge < -0.3 is 4.90 Å². The van der Waals surface area contributed by atoms with Gasteiger partial charge >= 0.3 is 0 Å². The van der Waals surface area contributed by atoms with Crippen molar-refractivity contribution in [1.82, 2.24) is 4.90 Å². The number of halogens is 1. The second kappa shape index (κ2) is 8.00. The molecule has 4 rings (SSSR count). The van der Waals surface area contributed by atoms with E-state index in [-0.39, 0.29) is 12.4 Å². The van der Waals surface area contributed by atoms with E-state index in [1.165, 1.54) is 55.6 Å². The lowest BCUT2D eigenvalue weighted by Gasteiger charge is -2.16. The van der Waals surface area contributed by atoms with Crippen LogP contribution in [0.2, 0.25) is 0 Å². The van der Waals surface area contributed by atoms with E-state index >= 15 is 0 Å². The molecule has 2 aromatic rings. The lowest BCUT2D eigenvalue weighted by Crippen LogP contribution is -2.20. The molecule has 1 heterocycles. The molecule has 1 fully saturated rings. The van der Waals surface area contributed by atoms with Gasteiger partial charge in [-0.2, -0.15) is 0 Å². The zero-order valence-corrected chi connectivity index (χ0v) is 15.0. The molecule has 0 unspecified atom stereocenters. The third-order valence-electron chi connectivity index (χ3n) is 5.31. The highest BCUT2D eigenvalue weighted by Gasteiger charge is 2.22. The van der Waals surface area contributed by atoms with Crippen LogP contribution in [0.5, 0.6) is 0 Å². The smallest absolute Gasteiger partial charge is 0.00220 e. The SMILES string of the molecule is Cl.c1ccc(CC2=C(CCN3CCCC3)c3ccccc3C2)cc1. The molecule has 1 nitrogen and oxygen atoms in total. The Morgan fingerprint density at radius 3 is 2.33 bits per heavy atom. The first-order valence-electron chi connectivity index (χ1n) is 8.95. The van der Waals surface area contributed by atoms with Crippen LogP contribution in [-0.4, -0.2) is 24.5 Å². The maximum absolute atomic E-state index is 2.63. The van der Waals surface area contributed by atoms with Crippen LogP contribution in [-0.2, 0) is 12.8 Å². The van der Waals surface area contributed by atoms with E-state index in [2.05, 4.69) is 59.5 Å². The van der Waals surface area contributed by atoms with Crippen LogP contribution in [0, 0.1) is 0 Å². The summed E-state index contributed by atoms with van der Waals surface area (Å²) < 4.78 is 0. The van der Waals surface area contributed by atoms with E-state index in [0.29, 0.717) is 0 Å². The molecule has 1 aliphatic carbocycles. The molecular formula is C22H26ClN. The molecule has 0 aromatic heterocycles. The Morgan fingerprint density at radius 2 is 1.54 bits per heavy atom. The summed E-state index contributed by atoms with van der Waals surface area (Å²) >= 11 is 0. The van der Waals surface area contributed by atoms with Gasteiger partial charge in [-0.15, -0.1) is 12.4 Å². The fraction of sp³-hybridized carbons (Fsp3) is 0.364. The summed E-state index contributed by atoms with van der Waals surface area (Å²) in [7, 11) is 0. The highest BCUT2D eigenvalue weighted by atomic mass is 35.5. The number of rotatable bonds is 5. The largest absolute Gasteiger partial charge is 0.303 e. The molecule has 0 radical (unpaired) electrons. The fourth-order valence-corrected chi connectivity index (χ4v) is 4.09. The van der Waals surface area contributed by atoms with E-state index < -0.39 is 0 Å². The van der Waals surface area contributed by atoms with Crippen LogP contribution in [0.15, 0.2) is 60.2 Å². The van der Waals surface area contributed by atoms with Crippen molar-refractivity contribution in [3.63, 3.8) is 0 Å². The van der Waals surface area contributed by atoms with Crippen molar-refractivity contribution in [2.75, 3.05) is 19.6 Å². The van der Waals surface area contributed by atoms with Gasteiger partial charge in [-0.1, -0.05) is 60.2 Å². The standard InChI is InChI=1S/C22H25N.ClH/c1-2-8-18(9-3-1)16-20-17-19-10-4-5-11-21(19)22(20)12-15-23-13-6-7-14-23;/h1-5,8-11H,6-7,12-17H2;1H. The number of fused-ring (bicyclic) bond motifs is 1. The molecule has 0 saturated carbocycles. The average Bonchev–Trinajstić information content (AvgIpc) is 3.21. The van der Waals surface area contributed by atoms with Crippen LogP contribution < -0.4 is 0 Å². The maximum Gasteiger partial charge on any atom is 0.00220 e. The summed E-state index contributed by atoms with van der Waals surface area (Å²) in [5.41, 5.74) is 7.73. The number of allylic oxidation sites excluding steroid dienone is 1. The second-order valence-corrected chi connectivity index (χ2v) is 6.88. The summed E-state index contributed by atoms with van der Waals surface area (Å²) in [6, 6.07) is 19.9. The van der Waals surface area contributed by atoms with Gasteiger partial charge in [0.15, 0.2) is 0 Å². The average molecular weight is 340 g/mol. The van der Waals surface area contributed by atoms with E-state index in [1.807, 2.05) is 0 Å². The van der Waals surface area contributed by atoms with Gasteiger partial charge in [0, 0.05) is 6.54 Å². The predicted molar refractivity (Wildman–Crippen MR) is 105 cm³/mol. The van der Waals surface area contributed by atoms with Gasteiger partial charge in [0.1, 0.15) is 0 Å². The first-order valence-corrected chi connectivity index (χ1v) is 8.95. The molecule has 1 aliphatic heterocycles. The van der Waals surface area contributed by atoms with Crippen LogP contribution in [0.1, 0.15) is 36.0 Å². The Bertz CT molecular complexity index is 699. The summed E-state index contributed by atoms with van der Waals surface area (Å²) in [5.74, 6) is 0. The van der Waals surface area contributed by atoms with E-state index in [9.17, 15) is 0 Å². The number of hydrogen-bond donors (Lipinski definition) is 0. The van der Waals surface area contributed by atoms with Crippen LogP contribution in [0.25, 0.3) is 5.57 Å². The van der Waals surface area contributed by atoms with Gasteiger partial charge in [-0.05, 0) is 67.5 Å². The number of nitrogens with zero attached hydrogens (tertiary/aromatic N) is 1. The topological polar surface area (TPSA) is 3.24 Å². The van der Waals surface area contributed by atoms with Gasteiger partial charge in [-0.25, -0.2) is 0 Å². The van der Waals surface area contributed by atoms with E-state index in [0.717, 1.165) is 12.8 Å². The molecule has 0 atom stereocenters. The zero-order chi connectivity index (χ0) is 15.5. The third kappa shape index (κ3) is 3.74. The zero-order valence-electron chi connectivity index (χ0n) is 14.2. The molecule has 0 bridgehead atoms. The van der Waals surface area contributed by atoms with Crippen molar-refractivity contribution in [2.45, 2.75) is 32.1 Å². The van der Waals surface area contributed by atoms with Crippen molar-refractivity contribution < 1.29 is 0 Å². The molecule has 24 heavy (non-hydrogen) atoms. The van der Waals surface area contributed by atoms with Crippen molar-refractivity contribution in [3.05, 3.63) is 76.9 Å². The van der Waals surface area contributed by atoms with Crippen molar-refractivity contribution in [1.29, 1.82) is 0 Å². The third-order valence-corrected chi connectivity index (χ3v) is 5.31. The molecule has 126 valence electrons. The normalized spacial score (nSPS) is 17.0. The minimum atomic E-state index is 0. The molecule has 2 aliphatic rings. The molecule has 0 N–H and O–H groups in total.